The van der Waals surface area contributed by atoms with Crippen LogP contribution in [0.25, 0.3) is 0 Å². The fourth-order valence-corrected chi connectivity index (χ4v) is 1.32. The van der Waals surface area contributed by atoms with Gasteiger partial charge in [-0.25, -0.2) is 9.59 Å². The molecular weight excluding hydrogens is 298 g/mol. The summed E-state index contributed by atoms with van der Waals surface area (Å²) in [6, 6.07) is 0. The highest BCUT2D eigenvalue weighted by atomic mass is 16.5. The molecule has 0 aliphatic heterocycles. The second kappa shape index (κ2) is 10.3. The lowest BCUT2D eigenvalue weighted by atomic mass is 10.2. The highest BCUT2D eigenvalue weighted by molar-refractivity contribution is 5.89. The lowest BCUT2D eigenvalue weighted by molar-refractivity contribution is -0.873. The summed E-state index contributed by atoms with van der Waals surface area (Å²) in [6.07, 6.45) is 0.247. The Morgan fingerprint density at radius 3 is 1.73 bits per heavy atom. The number of rotatable bonds is 7. The van der Waals surface area contributed by atoms with Crippen LogP contribution in [-0.2, 0) is 23.9 Å². The predicted octanol–water partition coefficient (Wildman–Crippen LogP) is -1.52. The van der Waals surface area contributed by atoms with E-state index in [4.69, 9.17) is 14.9 Å². The number of ether oxygens (including phenoxy) is 1. The maximum atomic E-state index is 10.7. The Morgan fingerprint density at radius 2 is 1.50 bits per heavy atom. The molecule has 0 aromatic heterocycles. The van der Waals surface area contributed by atoms with E-state index in [2.05, 4.69) is 0 Å². The van der Waals surface area contributed by atoms with Gasteiger partial charge in [-0.05, 0) is 0 Å². The molecule has 0 heterocycles. The van der Waals surface area contributed by atoms with Crippen LogP contribution in [0, 0.1) is 0 Å². The van der Waals surface area contributed by atoms with Gasteiger partial charge >= 0.3 is 17.9 Å². The fraction of sp³-hybridized carbons (Fsp3) is 0.538. The number of likely N-dealkylation sites (N-methyl/N-ethyl adjacent to an activating group) is 1. The Labute approximate surface area is 128 Å². The minimum atomic E-state index is -1.26. The normalized spacial score (nSPS) is 12.0. The van der Waals surface area contributed by atoms with Crippen molar-refractivity contribution in [3.05, 3.63) is 12.2 Å². The molecule has 1 atom stereocenters. The van der Waals surface area contributed by atoms with Gasteiger partial charge in [-0.15, -0.1) is 0 Å². The standard InChI is InChI=1S/C9H17NO4.C4H4O4/c1-7(11)14-8(5-9(12)13)6-10(2,3)4;5-3(6)1-2-4(7)8/h8H,5-6H2,1-4H3;1-2H,(H,5,6)(H,7,8)/b;2-1-. The molecule has 0 rings (SSSR count). The number of carbonyl (C=O) groups is 4. The molecule has 2 N–H and O–H groups in total. The summed E-state index contributed by atoms with van der Waals surface area (Å²) in [6.45, 7) is 1.71. The lowest BCUT2D eigenvalue weighted by Gasteiger charge is -2.28. The largest absolute Gasteiger partial charge is 0.550 e. The quantitative estimate of drug-likeness (QED) is 0.327. The van der Waals surface area contributed by atoms with Crippen LogP contribution in [0.1, 0.15) is 13.3 Å². The van der Waals surface area contributed by atoms with Crippen molar-refractivity contribution in [3.63, 3.8) is 0 Å². The van der Waals surface area contributed by atoms with Crippen molar-refractivity contribution >= 4 is 23.9 Å². The molecular formula is C13H21NO8. The first kappa shape index (κ1) is 21.9. The number of carboxylic acids is 3. The highest BCUT2D eigenvalue weighted by Crippen LogP contribution is 2.04. The monoisotopic (exact) mass is 319 g/mol. The Hall–Kier alpha value is -2.42. The average molecular weight is 319 g/mol. The van der Waals surface area contributed by atoms with Crippen LogP contribution in [0.2, 0.25) is 0 Å². The molecule has 9 heteroatoms. The molecule has 0 amide bonds. The number of nitrogens with zero attached hydrogens (tertiary/aromatic N) is 1. The third-order valence-corrected chi connectivity index (χ3v) is 1.85. The summed E-state index contributed by atoms with van der Waals surface area (Å²) < 4.78 is 5.39. The molecule has 0 aliphatic rings. The second-order valence-electron chi connectivity index (χ2n) is 5.29. The van der Waals surface area contributed by atoms with Crippen molar-refractivity contribution in [2.75, 3.05) is 27.7 Å². The fourth-order valence-electron chi connectivity index (χ4n) is 1.32. The molecule has 22 heavy (non-hydrogen) atoms. The molecule has 9 nitrogen and oxygen atoms in total. The van der Waals surface area contributed by atoms with Gasteiger partial charge in [0.25, 0.3) is 0 Å². The van der Waals surface area contributed by atoms with Gasteiger partial charge in [0, 0.05) is 31.5 Å². The van der Waals surface area contributed by atoms with E-state index in [0.29, 0.717) is 23.2 Å². The van der Waals surface area contributed by atoms with Gasteiger partial charge in [0.2, 0.25) is 0 Å². The number of quaternary nitrogens is 1. The number of hydrogen-bond acceptors (Lipinski definition) is 6. The summed E-state index contributed by atoms with van der Waals surface area (Å²) >= 11 is 0. The second-order valence-corrected chi connectivity index (χ2v) is 5.29. The summed E-state index contributed by atoms with van der Waals surface area (Å²) in [5, 5.41) is 26.0. The van der Waals surface area contributed by atoms with E-state index in [9.17, 15) is 24.3 Å². The number of carbonyl (C=O) groups excluding carboxylic acids is 2. The number of hydrogen-bond donors (Lipinski definition) is 2. The topological polar surface area (TPSA) is 141 Å². The van der Waals surface area contributed by atoms with Crippen LogP contribution in [0.15, 0.2) is 12.2 Å². The first-order valence-corrected chi connectivity index (χ1v) is 6.15. The van der Waals surface area contributed by atoms with Crippen molar-refractivity contribution in [1.82, 2.24) is 0 Å². The van der Waals surface area contributed by atoms with Crippen LogP contribution < -0.4 is 5.11 Å². The maximum absolute atomic E-state index is 10.7. The zero-order valence-electron chi connectivity index (χ0n) is 12.9. The molecule has 126 valence electrons. The first-order chi connectivity index (χ1) is 9.83. The minimum absolute atomic E-state index is 0.255. The molecule has 0 aromatic carbocycles. The van der Waals surface area contributed by atoms with Crippen molar-refractivity contribution in [2.24, 2.45) is 0 Å². The van der Waals surface area contributed by atoms with Crippen molar-refractivity contribution < 1.29 is 43.7 Å². The molecule has 0 saturated heterocycles. The van der Waals surface area contributed by atoms with E-state index in [0.717, 1.165) is 0 Å². The zero-order chi connectivity index (χ0) is 17.9. The highest BCUT2D eigenvalue weighted by Gasteiger charge is 2.20. The van der Waals surface area contributed by atoms with Crippen LogP contribution in [0.3, 0.4) is 0 Å². The van der Waals surface area contributed by atoms with Crippen LogP contribution >= 0.6 is 0 Å². The molecule has 0 aromatic rings. The van der Waals surface area contributed by atoms with Gasteiger partial charge in [-0.1, -0.05) is 0 Å². The van der Waals surface area contributed by atoms with Crippen molar-refractivity contribution in [2.45, 2.75) is 19.4 Å². The zero-order valence-corrected chi connectivity index (χ0v) is 12.9. The van der Waals surface area contributed by atoms with Gasteiger partial charge in [-0.3, -0.25) is 4.79 Å². The average Bonchev–Trinajstić information content (AvgIpc) is 2.22. The third-order valence-electron chi connectivity index (χ3n) is 1.85. The summed E-state index contributed by atoms with van der Waals surface area (Å²) in [7, 11) is 5.68. The van der Waals surface area contributed by atoms with Crippen molar-refractivity contribution in [3.8, 4) is 0 Å². The third kappa shape index (κ3) is 19.9. The van der Waals surface area contributed by atoms with E-state index in [1.165, 1.54) is 6.92 Å². The molecule has 0 fully saturated rings. The first-order valence-electron chi connectivity index (χ1n) is 6.15. The number of esters is 1. The minimum Gasteiger partial charge on any atom is -0.550 e. The van der Waals surface area contributed by atoms with Crippen LogP contribution in [0.4, 0.5) is 0 Å². The molecule has 0 saturated carbocycles. The van der Waals surface area contributed by atoms with Crippen LogP contribution in [0.5, 0.6) is 0 Å². The van der Waals surface area contributed by atoms with Gasteiger partial charge in [0.05, 0.1) is 21.1 Å². The summed E-state index contributed by atoms with van der Waals surface area (Å²) in [4.78, 5) is 40.2. The van der Waals surface area contributed by atoms with E-state index < -0.39 is 30.0 Å². The maximum Gasteiger partial charge on any atom is 0.328 e. The van der Waals surface area contributed by atoms with E-state index >= 15 is 0 Å². The van der Waals surface area contributed by atoms with Gasteiger partial charge in [-0.2, -0.15) is 0 Å². The van der Waals surface area contributed by atoms with Gasteiger partial charge in [0.15, 0.2) is 6.10 Å². The molecule has 0 radical (unpaired) electrons. The van der Waals surface area contributed by atoms with E-state index in [-0.39, 0.29) is 6.42 Å². The molecule has 0 spiro atoms. The number of carboxylic acid groups (broad SMARTS) is 3. The van der Waals surface area contributed by atoms with Gasteiger partial charge < -0.3 is 29.3 Å². The van der Waals surface area contributed by atoms with Gasteiger partial charge in [0.1, 0.15) is 6.54 Å². The molecule has 0 bridgehead atoms. The smallest absolute Gasteiger partial charge is 0.328 e. The Kier molecular flexibility index (Phi) is 10.3. The van der Waals surface area contributed by atoms with Crippen LogP contribution in [-0.4, -0.2) is 72.4 Å². The van der Waals surface area contributed by atoms with E-state index in [1.807, 2.05) is 21.1 Å². The summed E-state index contributed by atoms with van der Waals surface area (Å²) in [5.74, 6) is -4.19. The summed E-state index contributed by atoms with van der Waals surface area (Å²) in [5.41, 5.74) is 0. The Bertz CT molecular complexity index is 404. The Morgan fingerprint density at radius 1 is 1.09 bits per heavy atom. The molecule has 1 unspecified atom stereocenters. The van der Waals surface area contributed by atoms with Crippen molar-refractivity contribution in [1.29, 1.82) is 0 Å². The SMILES string of the molecule is CC(=O)OC(CC(=O)[O-])C[N+](C)(C)C.O=C(O)/C=C\C(=O)O. The predicted molar refractivity (Wildman–Crippen MR) is 72.5 cm³/mol. The number of aliphatic carboxylic acids is 3. The lowest BCUT2D eigenvalue weighted by Crippen LogP contribution is -2.45. The Balaban J connectivity index is 0. The molecule has 0 aliphatic carbocycles. The van der Waals surface area contributed by atoms with E-state index in [1.54, 1.807) is 0 Å².